The van der Waals surface area contributed by atoms with Gasteiger partial charge >= 0.3 is 5.97 Å². The highest BCUT2D eigenvalue weighted by atomic mass is 19.1. The van der Waals surface area contributed by atoms with Crippen molar-refractivity contribution in [3.63, 3.8) is 0 Å². The van der Waals surface area contributed by atoms with Gasteiger partial charge in [0, 0.05) is 5.56 Å². The van der Waals surface area contributed by atoms with Crippen molar-refractivity contribution in [3.8, 4) is 0 Å². The number of hydrogen-bond donors (Lipinski definition) is 1. The van der Waals surface area contributed by atoms with Crippen LogP contribution in [0.4, 0.5) is 10.1 Å². The second-order valence-corrected chi connectivity index (χ2v) is 4.00. The van der Waals surface area contributed by atoms with Gasteiger partial charge in [-0.15, -0.1) is 0 Å². The van der Waals surface area contributed by atoms with Gasteiger partial charge in [-0.3, -0.25) is 0 Å². The van der Waals surface area contributed by atoms with Crippen LogP contribution in [-0.4, -0.2) is 5.97 Å². The average molecular weight is 243 g/mol. The van der Waals surface area contributed by atoms with E-state index in [-0.39, 0.29) is 0 Å². The van der Waals surface area contributed by atoms with Crippen LogP contribution in [0, 0.1) is 5.82 Å². The lowest BCUT2D eigenvalue weighted by Gasteiger charge is -2.27. The summed E-state index contributed by atoms with van der Waals surface area (Å²) in [7, 11) is 0. The summed E-state index contributed by atoms with van der Waals surface area (Å²) in [6, 6.07) is 13.2. The Hall–Kier alpha value is -2.36. The van der Waals surface area contributed by atoms with Gasteiger partial charge in [-0.2, -0.15) is 0 Å². The van der Waals surface area contributed by atoms with Gasteiger partial charge in [0.15, 0.2) is 0 Å². The van der Waals surface area contributed by atoms with Gasteiger partial charge in [0.05, 0.1) is 11.3 Å². The Balaban J connectivity index is 2.00. The summed E-state index contributed by atoms with van der Waals surface area (Å²) in [6.45, 7) is 0. The fraction of sp³-hybridized carbons (Fsp3) is 0.0714. The number of cyclic esters (lactones) is 1. The molecule has 3 rings (SSSR count). The first-order valence-corrected chi connectivity index (χ1v) is 5.56. The predicted octanol–water partition coefficient (Wildman–Crippen LogP) is 3.11. The maximum Gasteiger partial charge on any atom is 0.342 e. The van der Waals surface area contributed by atoms with Crippen molar-refractivity contribution in [3.05, 3.63) is 65.5 Å². The largest absolute Gasteiger partial charge is 0.434 e. The number of fused-ring (bicyclic) bond motifs is 1. The minimum atomic E-state index is -0.784. The predicted molar refractivity (Wildman–Crippen MR) is 64.6 cm³/mol. The lowest BCUT2D eigenvalue weighted by atomic mass is 10.1. The van der Waals surface area contributed by atoms with Crippen molar-refractivity contribution in [2.75, 3.05) is 5.32 Å². The number of ether oxygens (including phenoxy) is 1. The fourth-order valence-electron chi connectivity index (χ4n) is 1.96. The monoisotopic (exact) mass is 243 g/mol. The lowest BCUT2D eigenvalue weighted by molar-refractivity contribution is 0.0324. The Bertz CT molecular complexity index is 612. The average Bonchev–Trinajstić information content (AvgIpc) is 2.39. The number of carbonyl (C=O) groups is 1. The smallest absolute Gasteiger partial charge is 0.342 e. The minimum absolute atomic E-state index is 0.320. The molecule has 1 aliphatic rings. The molecule has 4 heteroatoms. The molecule has 3 nitrogen and oxygen atoms in total. The van der Waals surface area contributed by atoms with Crippen LogP contribution in [0.1, 0.15) is 22.1 Å². The first-order valence-electron chi connectivity index (χ1n) is 5.56. The maximum absolute atomic E-state index is 13.6. The SMILES string of the molecule is O=C1O[C@@H](c2ccccc2F)Nc2ccccc21. The molecule has 1 heterocycles. The van der Waals surface area contributed by atoms with E-state index in [1.165, 1.54) is 6.07 Å². The van der Waals surface area contributed by atoms with E-state index in [1.54, 1.807) is 36.4 Å². The molecule has 1 aliphatic heterocycles. The Labute approximate surface area is 103 Å². The first-order chi connectivity index (χ1) is 8.75. The normalized spacial score (nSPS) is 17.6. The fourth-order valence-corrected chi connectivity index (χ4v) is 1.96. The third-order valence-corrected chi connectivity index (χ3v) is 2.85. The standard InChI is InChI=1S/C14H10FNO2/c15-11-7-3-1-5-9(11)13-16-12-8-4-2-6-10(12)14(17)18-13/h1-8,13,16H/t13-/m0/s1. The summed E-state index contributed by atoms with van der Waals surface area (Å²) in [5.41, 5.74) is 1.44. The summed E-state index contributed by atoms with van der Waals surface area (Å²) in [4.78, 5) is 11.8. The van der Waals surface area contributed by atoms with E-state index in [2.05, 4.69) is 5.32 Å². The zero-order chi connectivity index (χ0) is 12.5. The molecule has 1 N–H and O–H groups in total. The van der Waals surface area contributed by atoms with Gasteiger partial charge in [0.2, 0.25) is 6.23 Å². The topological polar surface area (TPSA) is 38.3 Å². The third-order valence-electron chi connectivity index (χ3n) is 2.85. The zero-order valence-electron chi connectivity index (χ0n) is 9.39. The molecule has 0 spiro atoms. The third kappa shape index (κ3) is 1.72. The summed E-state index contributed by atoms with van der Waals surface area (Å²) in [5.74, 6) is -0.847. The highest BCUT2D eigenvalue weighted by Gasteiger charge is 2.27. The molecule has 0 fully saturated rings. The number of benzene rings is 2. The Kier molecular flexibility index (Phi) is 2.48. The second kappa shape index (κ2) is 4.14. The van der Waals surface area contributed by atoms with E-state index in [1.807, 2.05) is 6.07 Å². The van der Waals surface area contributed by atoms with Crippen molar-refractivity contribution in [2.24, 2.45) is 0 Å². The Morgan fingerprint density at radius 3 is 2.61 bits per heavy atom. The molecule has 0 amide bonds. The number of esters is 1. The quantitative estimate of drug-likeness (QED) is 0.782. The molecular weight excluding hydrogens is 233 g/mol. The van der Waals surface area contributed by atoms with Crippen LogP contribution >= 0.6 is 0 Å². The van der Waals surface area contributed by atoms with Gasteiger partial charge in [-0.1, -0.05) is 30.3 Å². The summed E-state index contributed by atoms with van der Waals surface area (Å²) in [5, 5.41) is 3.00. The maximum atomic E-state index is 13.6. The van der Waals surface area contributed by atoms with Crippen LogP contribution in [0.25, 0.3) is 0 Å². The van der Waals surface area contributed by atoms with E-state index < -0.39 is 18.0 Å². The van der Waals surface area contributed by atoms with Crippen LogP contribution in [0.5, 0.6) is 0 Å². The van der Waals surface area contributed by atoms with Crippen LogP contribution in [0.3, 0.4) is 0 Å². The lowest BCUT2D eigenvalue weighted by Crippen LogP contribution is -2.26. The van der Waals surface area contributed by atoms with Crippen LogP contribution in [-0.2, 0) is 4.74 Å². The number of halogens is 1. The van der Waals surface area contributed by atoms with Crippen molar-refractivity contribution in [1.29, 1.82) is 0 Å². The molecular formula is C14H10FNO2. The van der Waals surface area contributed by atoms with Crippen molar-refractivity contribution >= 4 is 11.7 Å². The molecule has 0 unspecified atom stereocenters. The molecule has 0 aliphatic carbocycles. The second-order valence-electron chi connectivity index (χ2n) is 4.00. The van der Waals surface area contributed by atoms with Crippen LogP contribution in [0.2, 0.25) is 0 Å². The highest BCUT2D eigenvalue weighted by Crippen LogP contribution is 2.31. The van der Waals surface area contributed by atoms with Crippen LogP contribution in [0.15, 0.2) is 48.5 Å². The highest BCUT2D eigenvalue weighted by molar-refractivity contribution is 5.97. The number of para-hydroxylation sites is 1. The molecule has 0 saturated heterocycles. The molecule has 0 radical (unpaired) electrons. The molecule has 2 aromatic rings. The summed E-state index contributed by atoms with van der Waals surface area (Å²) < 4.78 is 18.8. The van der Waals surface area contributed by atoms with Crippen molar-refractivity contribution in [2.45, 2.75) is 6.23 Å². The van der Waals surface area contributed by atoms with Crippen LogP contribution < -0.4 is 5.32 Å². The number of rotatable bonds is 1. The van der Waals surface area contributed by atoms with Gasteiger partial charge in [0.1, 0.15) is 5.82 Å². The molecule has 2 aromatic carbocycles. The summed E-state index contributed by atoms with van der Waals surface area (Å²) in [6.07, 6.45) is -0.784. The molecule has 0 saturated carbocycles. The van der Waals surface area contributed by atoms with Gasteiger partial charge in [0.25, 0.3) is 0 Å². The van der Waals surface area contributed by atoms with E-state index in [9.17, 15) is 9.18 Å². The van der Waals surface area contributed by atoms with Crippen molar-refractivity contribution < 1.29 is 13.9 Å². The van der Waals surface area contributed by atoms with Gasteiger partial charge in [-0.05, 0) is 18.2 Å². The number of hydrogen-bond acceptors (Lipinski definition) is 3. The molecule has 90 valence electrons. The molecule has 18 heavy (non-hydrogen) atoms. The number of carbonyl (C=O) groups excluding carboxylic acids is 1. The zero-order valence-corrected chi connectivity index (χ0v) is 9.39. The van der Waals surface area contributed by atoms with E-state index in [4.69, 9.17) is 4.74 Å². The number of anilines is 1. The van der Waals surface area contributed by atoms with E-state index in [0.717, 1.165) is 0 Å². The first kappa shape index (κ1) is 10.8. The van der Waals surface area contributed by atoms with Crippen molar-refractivity contribution in [1.82, 2.24) is 0 Å². The van der Waals surface area contributed by atoms with E-state index in [0.29, 0.717) is 16.8 Å². The summed E-state index contributed by atoms with van der Waals surface area (Å²) >= 11 is 0. The molecule has 0 bridgehead atoms. The minimum Gasteiger partial charge on any atom is -0.434 e. The molecule has 0 aromatic heterocycles. The Morgan fingerprint density at radius 1 is 1.06 bits per heavy atom. The van der Waals surface area contributed by atoms with Gasteiger partial charge < -0.3 is 10.1 Å². The van der Waals surface area contributed by atoms with Gasteiger partial charge in [-0.25, -0.2) is 9.18 Å². The molecule has 1 atom stereocenters. The Morgan fingerprint density at radius 2 is 1.78 bits per heavy atom. The number of nitrogens with one attached hydrogen (secondary N) is 1. The van der Waals surface area contributed by atoms with E-state index >= 15 is 0 Å².